The van der Waals surface area contributed by atoms with E-state index in [0.29, 0.717) is 5.82 Å². The molecule has 0 atom stereocenters. The van der Waals surface area contributed by atoms with Crippen LogP contribution in [0.5, 0.6) is 0 Å². The van der Waals surface area contributed by atoms with Crippen molar-refractivity contribution in [3.63, 3.8) is 0 Å². The fraction of sp³-hybridized carbons (Fsp3) is 0. The Labute approximate surface area is 283 Å². The quantitative estimate of drug-likeness (QED) is 0.183. The number of hydrogen-bond donors (Lipinski definition) is 0. The van der Waals surface area contributed by atoms with Crippen LogP contribution in [-0.4, -0.2) is 14.5 Å². The van der Waals surface area contributed by atoms with Crippen molar-refractivity contribution in [3.8, 4) is 39.5 Å². The molecule has 0 aliphatic carbocycles. The van der Waals surface area contributed by atoms with Crippen molar-refractivity contribution in [1.82, 2.24) is 14.5 Å². The van der Waals surface area contributed by atoms with Gasteiger partial charge in [-0.05, 0) is 67.7 Å². The molecule has 10 aromatic rings. The third kappa shape index (κ3) is 4.37. The van der Waals surface area contributed by atoms with Gasteiger partial charge in [-0.25, -0.2) is 9.97 Å². The van der Waals surface area contributed by atoms with Gasteiger partial charge in [-0.3, -0.25) is 4.57 Å². The zero-order valence-corrected chi connectivity index (χ0v) is 26.6. The lowest BCUT2D eigenvalue weighted by Crippen LogP contribution is -1.99. The van der Waals surface area contributed by atoms with Crippen LogP contribution in [0.2, 0.25) is 0 Å². The standard InChI is InChI=1S/C46H29N3/c1-3-13-31(14-4-1)44-43-40-21-11-12-22-42(40)49(46(43)48-45(47-44)32-15-5-2-6-16-32)34-26-23-30(24-27-34)33-25-28-39-37-19-8-7-17-35(37)36-18-9-10-20-38(36)41(39)29-33/h1-29H. The summed E-state index contributed by atoms with van der Waals surface area (Å²) in [5.74, 6) is 0.712. The Hall–Kier alpha value is -6.58. The van der Waals surface area contributed by atoms with Crippen LogP contribution in [0.4, 0.5) is 0 Å². The van der Waals surface area contributed by atoms with Crippen LogP contribution in [-0.2, 0) is 0 Å². The van der Waals surface area contributed by atoms with Crippen LogP contribution in [0, 0.1) is 0 Å². The van der Waals surface area contributed by atoms with Crippen molar-refractivity contribution in [2.24, 2.45) is 0 Å². The SMILES string of the molecule is c1ccc(-c2nc(-c3ccccc3)c3c4ccccc4n(-c4ccc(-c5ccc6c7ccccc7c7ccccc7c6c5)cc4)c3n2)cc1. The molecule has 2 aromatic heterocycles. The van der Waals surface area contributed by atoms with E-state index in [0.717, 1.165) is 44.4 Å². The van der Waals surface area contributed by atoms with Gasteiger partial charge < -0.3 is 0 Å². The van der Waals surface area contributed by atoms with E-state index in [-0.39, 0.29) is 0 Å². The van der Waals surface area contributed by atoms with Crippen LogP contribution in [0.3, 0.4) is 0 Å². The number of fused-ring (bicyclic) bond motifs is 9. The molecule has 0 unspecified atom stereocenters. The van der Waals surface area contributed by atoms with E-state index in [1.807, 2.05) is 24.3 Å². The number of para-hydroxylation sites is 1. The molecule has 49 heavy (non-hydrogen) atoms. The first kappa shape index (κ1) is 27.5. The first-order valence-corrected chi connectivity index (χ1v) is 16.7. The highest BCUT2D eigenvalue weighted by atomic mass is 15.1. The molecule has 3 heteroatoms. The van der Waals surface area contributed by atoms with E-state index in [1.54, 1.807) is 0 Å². The molecule has 0 saturated carbocycles. The summed E-state index contributed by atoms with van der Waals surface area (Å²) >= 11 is 0. The number of nitrogens with zero attached hydrogens (tertiary/aromatic N) is 3. The van der Waals surface area contributed by atoms with Gasteiger partial charge in [0.05, 0.1) is 16.6 Å². The molecule has 0 fully saturated rings. The van der Waals surface area contributed by atoms with Gasteiger partial charge in [-0.1, -0.05) is 152 Å². The molecule has 2 heterocycles. The zero-order valence-electron chi connectivity index (χ0n) is 26.6. The Kier molecular flexibility index (Phi) is 6.18. The first-order valence-electron chi connectivity index (χ1n) is 16.7. The largest absolute Gasteiger partial charge is 0.294 e. The van der Waals surface area contributed by atoms with Gasteiger partial charge in [0.15, 0.2) is 5.82 Å². The van der Waals surface area contributed by atoms with Gasteiger partial charge in [-0.15, -0.1) is 0 Å². The van der Waals surface area contributed by atoms with Crippen LogP contribution in [0.1, 0.15) is 0 Å². The average Bonchev–Trinajstić information content (AvgIpc) is 3.52. The minimum Gasteiger partial charge on any atom is -0.294 e. The second kappa shape index (κ2) is 11.0. The Balaban J connectivity index is 1.17. The second-order valence-electron chi connectivity index (χ2n) is 12.6. The first-order chi connectivity index (χ1) is 24.3. The Bertz CT molecular complexity index is 2820. The molecule has 0 bridgehead atoms. The number of hydrogen-bond acceptors (Lipinski definition) is 2. The minimum atomic E-state index is 0.712. The van der Waals surface area contributed by atoms with Crippen molar-refractivity contribution in [3.05, 3.63) is 176 Å². The lowest BCUT2D eigenvalue weighted by atomic mass is 9.92. The van der Waals surface area contributed by atoms with E-state index >= 15 is 0 Å². The summed E-state index contributed by atoms with van der Waals surface area (Å²) in [6.45, 7) is 0. The highest BCUT2D eigenvalue weighted by molar-refractivity contribution is 6.25. The average molecular weight is 624 g/mol. The Morgan fingerprint density at radius 1 is 0.347 bits per heavy atom. The maximum absolute atomic E-state index is 5.27. The number of aromatic nitrogens is 3. The van der Waals surface area contributed by atoms with Crippen molar-refractivity contribution in [2.45, 2.75) is 0 Å². The monoisotopic (exact) mass is 623 g/mol. The van der Waals surface area contributed by atoms with Crippen molar-refractivity contribution in [2.75, 3.05) is 0 Å². The molecular formula is C46H29N3. The van der Waals surface area contributed by atoms with Gasteiger partial charge >= 0.3 is 0 Å². The number of rotatable bonds is 4. The predicted molar refractivity (Wildman–Crippen MR) is 205 cm³/mol. The molecule has 3 nitrogen and oxygen atoms in total. The van der Waals surface area contributed by atoms with Crippen LogP contribution >= 0.6 is 0 Å². The summed E-state index contributed by atoms with van der Waals surface area (Å²) < 4.78 is 2.29. The molecule has 8 aromatic carbocycles. The lowest BCUT2D eigenvalue weighted by Gasteiger charge is -2.13. The minimum absolute atomic E-state index is 0.712. The zero-order chi connectivity index (χ0) is 32.3. The van der Waals surface area contributed by atoms with E-state index < -0.39 is 0 Å². The van der Waals surface area contributed by atoms with Gasteiger partial charge in [0.1, 0.15) is 5.65 Å². The number of benzene rings is 8. The van der Waals surface area contributed by atoms with Gasteiger partial charge in [0.2, 0.25) is 0 Å². The van der Waals surface area contributed by atoms with Crippen LogP contribution < -0.4 is 0 Å². The maximum Gasteiger partial charge on any atom is 0.162 e. The van der Waals surface area contributed by atoms with E-state index in [9.17, 15) is 0 Å². The fourth-order valence-electron chi connectivity index (χ4n) is 7.53. The molecule has 10 rings (SSSR count). The Morgan fingerprint density at radius 2 is 0.857 bits per heavy atom. The van der Waals surface area contributed by atoms with Crippen molar-refractivity contribution in [1.29, 1.82) is 0 Å². The molecular weight excluding hydrogens is 595 g/mol. The van der Waals surface area contributed by atoms with E-state index in [1.165, 1.54) is 43.4 Å². The topological polar surface area (TPSA) is 30.7 Å². The smallest absolute Gasteiger partial charge is 0.162 e. The summed E-state index contributed by atoms with van der Waals surface area (Å²) in [6.07, 6.45) is 0. The molecule has 0 aliphatic heterocycles. The molecule has 228 valence electrons. The molecule has 0 amide bonds. The summed E-state index contributed by atoms with van der Waals surface area (Å²) in [5, 5.41) is 9.90. The summed E-state index contributed by atoms with van der Waals surface area (Å²) in [5.41, 5.74) is 8.43. The van der Waals surface area contributed by atoms with E-state index in [4.69, 9.17) is 9.97 Å². The normalized spacial score (nSPS) is 11.7. The third-order valence-corrected chi connectivity index (χ3v) is 9.80. The highest BCUT2D eigenvalue weighted by Crippen LogP contribution is 2.40. The summed E-state index contributed by atoms with van der Waals surface area (Å²) in [7, 11) is 0. The lowest BCUT2D eigenvalue weighted by molar-refractivity contribution is 1.11. The van der Waals surface area contributed by atoms with Gasteiger partial charge in [-0.2, -0.15) is 0 Å². The molecule has 0 saturated heterocycles. The maximum atomic E-state index is 5.27. The van der Waals surface area contributed by atoms with Crippen LogP contribution in [0.25, 0.3) is 93.7 Å². The fourth-order valence-corrected chi connectivity index (χ4v) is 7.53. The highest BCUT2D eigenvalue weighted by Gasteiger charge is 2.21. The van der Waals surface area contributed by atoms with Crippen molar-refractivity contribution >= 4 is 54.3 Å². The van der Waals surface area contributed by atoms with Gasteiger partial charge in [0.25, 0.3) is 0 Å². The Morgan fingerprint density at radius 3 is 1.51 bits per heavy atom. The molecule has 0 radical (unpaired) electrons. The second-order valence-corrected chi connectivity index (χ2v) is 12.6. The predicted octanol–water partition coefficient (Wildman–Crippen LogP) is 12.0. The molecule has 0 spiro atoms. The summed E-state index contributed by atoms with van der Waals surface area (Å²) in [6, 6.07) is 62.6. The van der Waals surface area contributed by atoms with Crippen LogP contribution in [0.15, 0.2) is 176 Å². The van der Waals surface area contributed by atoms with Gasteiger partial charge in [0, 0.05) is 22.2 Å². The molecule has 0 aliphatic rings. The summed E-state index contributed by atoms with van der Waals surface area (Å²) in [4.78, 5) is 10.5. The van der Waals surface area contributed by atoms with E-state index in [2.05, 4.69) is 156 Å². The molecule has 0 N–H and O–H groups in total. The van der Waals surface area contributed by atoms with Crippen molar-refractivity contribution < 1.29 is 0 Å². The third-order valence-electron chi connectivity index (χ3n) is 9.80.